The third-order valence-electron chi connectivity index (χ3n) is 12.3. The average molecular weight is 807 g/mol. The van der Waals surface area contributed by atoms with Crippen molar-refractivity contribution >= 4 is 65.7 Å². The highest BCUT2D eigenvalue weighted by Crippen LogP contribution is 2.40. The van der Waals surface area contributed by atoms with Gasteiger partial charge in [-0.3, -0.25) is 0 Å². The summed E-state index contributed by atoms with van der Waals surface area (Å²) in [6.45, 7) is 0. The number of hydrogen-bond donors (Lipinski definition) is 0. The molecule has 0 unspecified atom stereocenters. The fourth-order valence-corrected chi connectivity index (χ4v) is 9.23. The molecule has 4 heterocycles. The average Bonchev–Trinajstić information content (AvgIpc) is 4.03. The van der Waals surface area contributed by atoms with Gasteiger partial charge in [-0.05, 0) is 95.1 Å². The molecule has 9 aromatic carbocycles. The summed E-state index contributed by atoms with van der Waals surface area (Å²) in [4.78, 5) is 15.2. The first-order valence-electron chi connectivity index (χ1n) is 21.1. The molecule has 294 valence electrons. The quantitative estimate of drug-likeness (QED) is 0.167. The van der Waals surface area contributed by atoms with E-state index in [0.29, 0.717) is 17.5 Å². The van der Waals surface area contributed by atoms with E-state index in [1.54, 1.807) is 0 Å². The number of nitrogens with zero attached hydrogens (tertiary/aromatic N) is 4. The van der Waals surface area contributed by atoms with E-state index in [1.165, 1.54) is 27.4 Å². The van der Waals surface area contributed by atoms with Crippen LogP contribution in [0.15, 0.2) is 215 Å². The number of benzene rings is 9. The van der Waals surface area contributed by atoms with Crippen LogP contribution in [-0.4, -0.2) is 19.5 Å². The normalized spacial score (nSPS) is 11.8. The summed E-state index contributed by atoms with van der Waals surface area (Å²) < 4.78 is 15.4. The van der Waals surface area contributed by atoms with Gasteiger partial charge in [0.2, 0.25) is 0 Å². The summed E-state index contributed by atoms with van der Waals surface area (Å²) in [5.74, 6) is 1.70. The SMILES string of the molecule is c1ccc(-c2ccc3c(c2)c2ccc(-c4ccc5c(c4)oc4ccc(-c6nc(-c7ccccc7)nc(-c7cccc8c7oc7ccccc78)n6)cc45)cc2n3-c2ccccc2)cc1. The molecule has 13 aromatic rings. The van der Waals surface area contributed by atoms with E-state index in [0.717, 1.165) is 82.9 Å². The van der Waals surface area contributed by atoms with E-state index in [-0.39, 0.29) is 0 Å². The molecule has 13 rings (SSSR count). The Balaban J connectivity index is 0.926. The van der Waals surface area contributed by atoms with Crippen LogP contribution in [0.25, 0.3) is 128 Å². The second-order valence-electron chi connectivity index (χ2n) is 16.0. The molecule has 63 heavy (non-hydrogen) atoms. The smallest absolute Gasteiger partial charge is 0.167 e. The minimum absolute atomic E-state index is 0.546. The lowest BCUT2D eigenvalue weighted by Gasteiger charge is -2.09. The molecule has 0 bridgehead atoms. The Hall–Kier alpha value is -8.61. The van der Waals surface area contributed by atoms with Crippen molar-refractivity contribution < 1.29 is 8.83 Å². The summed E-state index contributed by atoms with van der Waals surface area (Å²) in [6.07, 6.45) is 0. The number of hydrogen-bond acceptors (Lipinski definition) is 5. The molecule has 0 fully saturated rings. The first-order valence-corrected chi connectivity index (χ1v) is 21.1. The molecule has 0 aliphatic carbocycles. The zero-order chi connectivity index (χ0) is 41.4. The number of furan rings is 2. The number of aromatic nitrogens is 4. The van der Waals surface area contributed by atoms with Gasteiger partial charge < -0.3 is 13.4 Å². The molecule has 4 aromatic heterocycles. The Labute approximate surface area is 361 Å². The lowest BCUT2D eigenvalue weighted by atomic mass is 10.00. The summed E-state index contributed by atoms with van der Waals surface area (Å²) in [6, 6.07) is 71.7. The van der Waals surface area contributed by atoms with Crippen molar-refractivity contribution in [3.63, 3.8) is 0 Å². The topological polar surface area (TPSA) is 69.9 Å². The number of rotatable bonds is 6. The fourth-order valence-electron chi connectivity index (χ4n) is 9.23. The van der Waals surface area contributed by atoms with Crippen LogP contribution >= 0.6 is 0 Å². The first kappa shape index (κ1) is 35.2. The van der Waals surface area contributed by atoms with Crippen molar-refractivity contribution in [2.45, 2.75) is 0 Å². The van der Waals surface area contributed by atoms with E-state index in [2.05, 4.69) is 138 Å². The van der Waals surface area contributed by atoms with Crippen LogP contribution < -0.4 is 0 Å². The second-order valence-corrected chi connectivity index (χ2v) is 16.0. The van der Waals surface area contributed by atoms with Crippen LogP contribution in [-0.2, 0) is 0 Å². The summed E-state index contributed by atoms with van der Waals surface area (Å²) in [5.41, 5.74) is 13.8. The van der Waals surface area contributed by atoms with Gasteiger partial charge in [0.15, 0.2) is 17.5 Å². The predicted octanol–water partition coefficient (Wildman–Crippen LogP) is 15.1. The molecule has 6 nitrogen and oxygen atoms in total. The highest BCUT2D eigenvalue weighted by atomic mass is 16.3. The standard InChI is InChI=1S/C57H34N4O2/c1-4-13-35(14-5-1)37-25-29-49-47(31-37)42-27-23-38(33-50(42)61(49)41-17-8-3-9-18-41)39-24-28-44-48-32-40(26-30-52(48)62-53(44)34-39)56-58-55(36-15-6-2-7-16-36)59-57(60-56)46-21-12-20-45-43-19-10-11-22-51(43)63-54(45)46/h1-34H. The molecule has 0 N–H and O–H groups in total. The van der Waals surface area contributed by atoms with Crippen molar-refractivity contribution in [3.8, 4) is 62.1 Å². The van der Waals surface area contributed by atoms with Gasteiger partial charge in [-0.15, -0.1) is 0 Å². The van der Waals surface area contributed by atoms with Gasteiger partial charge in [0.1, 0.15) is 22.3 Å². The monoisotopic (exact) mass is 806 g/mol. The van der Waals surface area contributed by atoms with E-state index < -0.39 is 0 Å². The third-order valence-corrected chi connectivity index (χ3v) is 12.3. The molecule has 0 amide bonds. The second kappa shape index (κ2) is 14.0. The zero-order valence-electron chi connectivity index (χ0n) is 33.7. The van der Waals surface area contributed by atoms with E-state index in [9.17, 15) is 0 Å². The minimum Gasteiger partial charge on any atom is -0.456 e. The molecule has 0 atom stereocenters. The van der Waals surface area contributed by atoms with Crippen molar-refractivity contribution in [2.75, 3.05) is 0 Å². The fraction of sp³-hybridized carbons (Fsp3) is 0. The van der Waals surface area contributed by atoms with Gasteiger partial charge in [0.25, 0.3) is 0 Å². The zero-order valence-corrected chi connectivity index (χ0v) is 33.7. The van der Waals surface area contributed by atoms with Gasteiger partial charge in [0, 0.05) is 49.1 Å². The summed E-state index contributed by atoms with van der Waals surface area (Å²) >= 11 is 0. The first-order chi connectivity index (χ1) is 31.2. The Morgan fingerprint density at radius 1 is 0.302 bits per heavy atom. The largest absolute Gasteiger partial charge is 0.456 e. The lowest BCUT2D eigenvalue weighted by Crippen LogP contribution is -2.00. The Morgan fingerprint density at radius 3 is 1.71 bits per heavy atom. The van der Waals surface area contributed by atoms with Crippen molar-refractivity contribution in [3.05, 3.63) is 206 Å². The maximum absolute atomic E-state index is 6.58. The van der Waals surface area contributed by atoms with Gasteiger partial charge in [-0.1, -0.05) is 133 Å². The van der Waals surface area contributed by atoms with E-state index >= 15 is 0 Å². The Morgan fingerprint density at radius 2 is 0.889 bits per heavy atom. The molecule has 0 radical (unpaired) electrons. The summed E-state index contributed by atoms with van der Waals surface area (Å²) in [5, 5.41) is 6.52. The predicted molar refractivity (Wildman–Crippen MR) is 256 cm³/mol. The number of fused-ring (bicyclic) bond motifs is 9. The van der Waals surface area contributed by atoms with Crippen LogP contribution in [0.4, 0.5) is 0 Å². The highest BCUT2D eigenvalue weighted by Gasteiger charge is 2.20. The van der Waals surface area contributed by atoms with Crippen LogP contribution in [0.2, 0.25) is 0 Å². The Bertz CT molecular complexity index is 3900. The number of para-hydroxylation sites is 3. The molecule has 0 saturated heterocycles. The minimum atomic E-state index is 0.546. The van der Waals surface area contributed by atoms with E-state index in [1.807, 2.05) is 72.8 Å². The van der Waals surface area contributed by atoms with Crippen molar-refractivity contribution in [1.82, 2.24) is 19.5 Å². The van der Waals surface area contributed by atoms with Crippen molar-refractivity contribution in [1.29, 1.82) is 0 Å². The lowest BCUT2D eigenvalue weighted by molar-refractivity contribution is 0.669. The van der Waals surface area contributed by atoms with Crippen molar-refractivity contribution in [2.24, 2.45) is 0 Å². The maximum Gasteiger partial charge on any atom is 0.167 e. The van der Waals surface area contributed by atoms with Gasteiger partial charge in [-0.2, -0.15) is 0 Å². The highest BCUT2D eigenvalue weighted by molar-refractivity contribution is 6.12. The molecular formula is C57H34N4O2. The van der Waals surface area contributed by atoms with Gasteiger partial charge >= 0.3 is 0 Å². The Kier molecular flexibility index (Phi) is 7.80. The van der Waals surface area contributed by atoms with Gasteiger partial charge in [-0.25, -0.2) is 15.0 Å². The van der Waals surface area contributed by atoms with Crippen LogP contribution in [0.3, 0.4) is 0 Å². The van der Waals surface area contributed by atoms with Gasteiger partial charge in [0.05, 0.1) is 16.6 Å². The third kappa shape index (κ3) is 5.76. The summed E-state index contributed by atoms with van der Waals surface area (Å²) in [7, 11) is 0. The van der Waals surface area contributed by atoms with Crippen LogP contribution in [0, 0.1) is 0 Å². The van der Waals surface area contributed by atoms with E-state index in [4.69, 9.17) is 23.8 Å². The molecular weight excluding hydrogens is 773 g/mol. The molecule has 0 aliphatic heterocycles. The van der Waals surface area contributed by atoms with Crippen LogP contribution in [0.1, 0.15) is 0 Å². The molecule has 6 heteroatoms. The molecule has 0 saturated carbocycles. The molecule has 0 spiro atoms. The molecule has 0 aliphatic rings. The van der Waals surface area contributed by atoms with Crippen LogP contribution in [0.5, 0.6) is 0 Å². The maximum atomic E-state index is 6.58.